The van der Waals surface area contributed by atoms with Crippen LogP contribution in [0.4, 0.5) is 0 Å². The van der Waals surface area contributed by atoms with Crippen LogP contribution in [-0.4, -0.2) is 18.3 Å². The van der Waals surface area contributed by atoms with Crippen molar-refractivity contribution in [2.45, 2.75) is 53.9 Å². The topological polar surface area (TPSA) is 35.0 Å². The second-order valence-electron chi connectivity index (χ2n) is 13.0. The molecule has 0 aliphatic carbocycles. The zero-order valence-electron chi connectivity index (χ0n) is 35.6. The average molecular weight is 831 g/mol. The summed E-state index contributed by atoms with van der Waals surface area (Å²) in [6, 6.07) is 38.1. The second-order valence-corrected chi connectivity index (χ2v) is 16.8. The van der Waals surface area contributed by atoms with Crippen LogP contribution < -0.4 is 9.61 Å². The van der Waals surface area contributed by atoms with Gasteiger partial charge in [0.15, 0.2) is 0 Å². The molecular weight excluding hydrogens is 781 g/mol. The Hall–Kier alpha value is -4.15. The predicted octanol–water partition coefficient (Wildman–Crippen LogP) is 10.4. The first-order valence-electron chi connectivity index (χ1n) is 19.6. The summed E-state index contributed by atoms with van der Waals surface area (Å²) in [5.74, 6) is 0.724. The third-order valence-electron chi connectivity index (χ3n) is 7.80. The summed E-state index contributed by atoms with van der Waals surface area (Å²) in [5, 5.41) is 1.23. The molecule has 0 N–H and O–H groups in total. The molecule has 0 spiro atoms. The number of nitrogens with zero attached hydrogens (tertiary/aromatic N) is 2. The van der Waals surface area contributed by atoms with Crippen LogP contribution in [0, 0.1) is 31.3 Å². The first-order valence-corrected chi connectivity index (χ1v) is 18.5. The van der Waals surface area contributed by atoms with Crippen LogP contribution in [0.2, 0.25) is 13.1 Å². The molecule has 0 bridgehead atoms. The maximum Gasteiger partial charge on any atom is 0.264 e. The average Bonchev–Trinajstić information content (AvgIpc) is 3.14. The first kappa shape index (κ1) is 25.8. The van der Waals surface area contributed by atoms with Gasteiger partial charge in [-0.15, -0.1) is 54.1 Å². The number of benzene rings is 4. The maximum atomic E-state index is 8.61. The Balaban J connectivity index is 0.000000295. The summed E-state index contributed by atoms with van der Waals surface area (Å²) < 4.78 is 70.0. The molecule has 245 valence electrons. The van der Waals surface area contributed by atoms with Gasteiger partial charge in [-0.25, -0.2) is 0 Å². The van der Waals surface area contributed by atoms with Crippen LogP contribution >= 0.6 is 0 Å². The van der Waals surface area contributed by atoms with Crippen LogP contribution in [0.25, 0.3) is 44.8 Å². The first-order chi connectivity index (χ1) is 25.7. The van der Waals surface area contributed by atoms with Gasteiger partial charge in [0, 0.05) is 49.2 Å². The van der Waals surface area contributed by atoms with Gasteiger partial charge in [0.05, 0.1) is 0 Å². The molecule has 0 fully saturated rings. The summed E-state index contributed by atoms with van der Waals surface area (Å²) in [4.78, 5) is 8.71. The Morgan fingerprint density at radius 2 is 1.54 bits per heavy atom. The molecule has 48 heavy (non-hydrogen) atoms. The molecule has 5 heteroatoms. The van der Waals surface area contributed by atoms with Crippen molar-refractivity contribution in [2.75, 3.05) is 0 Å². The Morgan fingerprint density at radius 1 is 0.771 bits per heavy atom. The number of aromatic nitrogens is 2. The Kier molecular flexibility index (Phi) is 7.82. The predicted molar refractivity (Wildman–Crippen MR) is 198 cm³/mol. The molecule has 0 saturated carbocycles. The van der Waals surface area contributed by atoms with Gasteiger partial charge in [-0.3, -0.25) is 0 Å². The molecule has 0 atom stereocenters. The number of fused-ring (bicyclic) bond motifs is 3. The van der Waals surface area contributed by atoms with Gasteiger partial charge in [-0.05, 0) is 88.5 Å². The molecule has 0 unspecified atom stereocenters. The van der Waals surface area contributed by atoms with Crippen molar-refractivity contribution in [2.24, 2.45) is 5.41 Å². The fourth-order valence-electron chi connectivity index (χ4n) is 5.65. The molecule has 0 amide bonds. The molecular formula is C43H42IrN2OSi-2. The largest absolute Gasteiger partial charge is 0.583 e. The number of aryl methyl sites for hydroxylation is 2. The summed E-state index contributed by atoms with van der Waals surface area (Å²) in [5.41, 5.74) is 6.55. The van der Waals surface area contributed by atoms with E-state index in [4.69, 9.17) is 15.4 Å². The molecule has 7 rings (SSSR count). The molecule has 1 aliphatic rings. The summed E-state index contributed by atoms with van der Waals surface area (Å²) in [6.07, 6.45) is 1.26. The standard InChI is InChI=1S/C31H32NOSi.C12H10N.Ir/c1-21-20-32-28(18-27(21)23-16-14-22(15-17-23)19-31(2,3)4)26-12-9-11-25-24-10-7-8-13-29(24)34(5,6)33-30(25)26;1-10-7-8-12(13-9-10)11-5-3-2-4-6-11;/h7-11,13-18,20H,19H2,1-6H3;2-5,7-9H,1H3;/q2*-1;/i1D3,19D2;1D3;. The third kappa shape index (κ3) is 7.93. The molecule has 3 nitrogen and oxygen atoms in total. The van der Waals surface area contributed by atoms with Crippen LogP contribution in [0.5, 0.6) is 5.75 Å². The van der Waals surface area contributed by atoms with Crippen molar-refractivity contribution in [1.29, 1.82) is 0 Å². The summed E-state index contributed by atoms with van der Waals surface area (Å²) >= 11 is 0. The van der Waals surface area contributed by atoms with Crippen LogP contribution in [-0.2, 0) is 26.5 Å². The smallest absolute Gasteiger partial charge is 0.264 e. The van der Waals surface area contributed by atoms with Crippen molar-refractivity contribution in [3.63, 3.8) is 0 Å². The number of hydrogen-bond acceptors (Lipinski definition) is 3. The van der Waals surface area contributed by atoms with E-state index in [2.05, 4.69) is 47.3 Å². The minimum Gasteiger partial charge on any atom is -0.583 e. The minimum atomic E-state index is -2.37. The molecule has 1 radical (unpaired) electrons. The van der Waals surface area contributed by atoms with Gasteiger partial charge >= 0.3 is 0 Å². The fourth-order valence-corrected chi connectivity index (χ4v) is 7.85. The maximum absolute atomic E-state index is 8.61. The summed E-state index contributed by atoms with van der Waals surface area (Å²) in [6.45, 7) is 5.47. The van der Waals surface area contributed by atoms with Gasteiger partial charge in [0.2, 0.25) is 0 Å². The van der Waals surface area contributed by atoms with Crippen LogP contribution in [0.15, 0.2) is 116 Å². The number of hydrogen-bond donors (Lipinski definition) is 0. The Morgan fingerprint density at radius 3 is 2.23 bits per heavy atom. The van der Waals surface area contributed by atoms with E-state index < -0.39 is 33.8 Å². The van der Waals surface area contributed by atoms with Crippen molar-refractivity contribution >= 4 is 13.5 Å². The fraction of sp³-hybridized carbons (Fsp3) is 0.209. The number of rotatable bonds is 4. The van der Waals surface area contributed by atoms with E-state index in [-0.39, 0.29) is 31.2 Å². The Labute approximate surface area is 312 Å². The second kappa shape index (κ2) is 14.5. The number of pyridine rings is 2. The van der Waals surface area contributed by atoms with Crippen molar-refractivity contribution in [3.05, 3.63) is 144 Å². The molecule has 4 aromatic carbocycles. The van der Waals surface area contributed by atoms with Crippen molar-refractivity contribution < 1.29 is 35.5 Å². The van der Waals surface area contributed by atoms with E-state index >= 15 is 0 Å². The van der Waals surface area contributed by atoms with Gasteiger partial charge in [-0.1, -0.05) is 98.6 Å². The van der Waals surface area contributed by atoms with E-state index in [0.717, 1.165) is 28.1 Å². The Bertz CT molecular complexity index is 2300. The molecule has 0 saturated heterocycles. The zero-order valence-corrected chi connectivity index (χ0v) is 31.0. The van der Waals surface area contributed by atoms with Crippen molar-refractivity contribution in [3.8, 4) is 50.5 Å². The van der Waals surface area contributed by atoms with E-state index in [9.17, 15) is 0 Å². The van der Waals surface area contributed by atoms with Crippen LogP contribution in [0.1, 0.15) is 48.4 Å². The SMILES string of the molecule is [2H]C([2H])([2H])c1ccc(-c2[c-]cccc2)nc1.[2H]C([2H])([2H])c1cnc(-c2[c-]ccc3c2O[Si](C)(C)c2ccccc2-3)cc1-c1ccc(C([2H])([2H])C(C)(C)C)cc1.[Ir]. The van der Waals surface area contributed by atoms with Crippen molar-refractivity contribution in [1.82, 2.24) is 9.97 Å². The van der Waals surface area contributed by atoms with E-state index in [1.54, 1.807) is 48.5 Å². The summed E-state index contributed by atoms with van der Waals surface area (Å²) in [7, 11) is -2.26. The van der Waals surface area contributed by atoms with Gasteiger partial charge in [0.25, 0.3) is 8.32 Å². The third-order valence-corrected chi connectivity index (χ3v) is 10.2. The zero-order chi connectivity index (χ0) is 40.0. The monoisotopic (exact) mass is 831 g/mol. The molecule has 1 aliphatic heterocycles. The molecule has 2 aromatic heterocycles. The van der Waals surface area contributed by atoms with E-state index in [0.29, 0.717) is 27.9 Å². The van der Waals surface area contributed by atoms with E-state index in [1.165, 1.54) is 17.6 Å². The normalized spacial score (nSPS) is 16.0. The van der Waals surface area contributed by atoms with Gasteiger partial charge in [0.1, 0.15) is 0 Å². The minimum absolute atomic E-state index is 0. The van der Waals surface area contributed by atoms with Crippen LogP contribution in [0.3, 0.4) is 0 Å². The quantitative estimate of drug-likeness (QED) is 0.131. The van der Waals surface area contributed by atoms with Gasteiger partial charge in [-0.2, -0.15) is 0 Å². The molecule has 6 aromatic rings. The van der Waals surface area contributed by atoms with Gasteiger partial charge < -0.3 is 14.4 Å². The molecule has 3 heterocycles. The van der Waals surface area contributed by atoms with E-state index in [1.807, 2.05) is 63.2 Å².